The monoisotopic (exact) mass is 378 g/mol. The van der Waals surface area contributed by atoms with E-state index in [2.05, 4.69) is 17.4 Å². The molecule has 1 aromatic heterocycles. The van der Waals surface area contributed by atoms with Crippen molar-refractivity contribution in [1.29, 1.82) is 0 Å². The summed E-state index contributed by atoms with van der Waals surface area (Å²) in [4.78, 5) is 26.2. The third-order valence-corrected chi connectivity index (χ3v) is 6.46. The number of nitrogens with zero attached hydrogens (tertiary/aromatic N) is 1. The highest BCUT2D eigenvalue weighted by Crippen LogP contribution is 2.35. The van der Waals surface area contributed by atoms with Gasteiger partial charge in [-0.25, -0.2) is 0 Å². The van der Waals surface area contributed by atoms with Crippen LogP contribution in [0.15, 0.2) is 64.3 Å². The third-order valence-electron chi connectivity index (χ3n) is 5.12. The molecule has 1 fully saturated rings. The smallest absolute Gasteiger partial charge is 0.256 e. The molecule has 1 amide bonds. The summed E-state index contributed by atoms with van der Waals surface area (Å²) < 4.78 is 1.56. The lowest BCUT2D eigenvalue weighted by Gasteiger charge is -2.12. The summed E-state index contributed by atoms with van der Waals surface area (Å²) in [5.41, 5.74) is 1.69. The molecule has 3 aromatic rings. The predicted octanol–water partition coefficient (Wildman–Crippen LogP) is 4.83. The van der Waals surface area contributed by atoms with E-state index in [0.29, 0.717) is 5.56 Å². The van der Waals surface area contributed by atoms with Gasteiger partial charge in [0.2, 0.25) is 0 Å². The molecule has 0 bridgehead atoms. The molecule has 0 radical (unpaired) electrons. The van der Waals surface area contributed by atoms with Crippen molar-refractivity contribution in [1.82, 2.24) is 4.57 Å². The van der Waals surface area contributed by atoms with E-state index in [1.54, 1.807) is 11.6 Å². The number of hydrogen-bond donors (Lipinski definition) is 1. The molecule has 0 spiro atoms. The number of nitrogens with one attached hydrogen (secondary N) is 1. The first-order valence-electron chi connectivity index (χ1n) is 9.29. The summed E-state index contributed by atoms with van der Waals surface area (Å²) in [5.74, 6) is -0.264. The minimum Gasteiger partial charge on any atom is -0.322 e. The summed E-state index contributed by atoms with van der Waals surface area (Å²) in [5, 5.41) is 4.41. The first-order chi connectivity index (χ1) is 13.1. The second-order valence-corrected chi connectivity index (χ2v) is 8.35. The summed E-state index contributed by atoms with van der Waals surface area (Å²) in [6.45, 7) is 0. The standard InChI is InChI=1S/C22H22N2O2S/c1-24-20-9-5-4-8-18(20)19(14-21(24)25)22(26)23-15-10-12-17(13-11-15)27-16-6-2-3-7-16/h4-5,8-14,16H,2-3,6-7H2,1H3,(H,23,26). The Kier molecular flexibility index (Phi) is 5.03. The van der Waals surface area contributed by atoms with Crippen molar-refractivity contribution in [2.24, 2.45) is 7.05 Å². The van der Waals surface area contributed by atoms with Crippen molar-refractivity contribution in [3.63, 3.8) is 0 Å². The van der Waals surface area contributed by atoms with Gasteiger partial charge >= 0.3 is 0 Å². The second-order valence-electron chi connectivity index (χ2n) is 6.98. The molecule has 0 atom stereocenters. The van der Waals surface area contributed by atoms with Gasteiger partial charge in [-0.2, -0.15) is 0 Å². The minimum atomic E-state index is -0.264. The molecule has 2 aromatic carbocycles. The van der Waals surface area contributed by atoms with Crippen LogP contribution in [0.5, 0.6) is 0 Å². The zero-order chi connectivity index (χ0) is 18.8. The predicted molar refractivity (Wildman–Crippen MR) is 112 cm³/mol. The summed E-state index contributed by atoms with van der Waals surface area (Å²) in [6, 6.07) is 16.8. The Bertz CT molecular complexity index is 1030. The van der Waals surface area contributed by atoms with E-state index in [-0.39, 0.29) is 11.5 Å². The number of benzene rings is 2. The molecule has 4 rings (SSSR count). The lowest BCUT2D eigenvalue weighted by molar-refractivity contribution is 0.102. The number of aryl methyl sites for hydroxylation is 1. The van der Waals surface area contributed by atoms with Crippen molar-refractivity contribution >= 4 is 34.3 Å². The molecule has 0 aliphatic heterocycles. The SMILES string of the molecule is Cn1c(=O)cc(C(=O)Nc2ccc(SC3CCCC3)cc2)c2ccccc21. The molecule has 0 unspecified atom stereocenters. The topological polar surface area (TPSA) is 51.1 Å². The number of thioether (sulfide) groups is 1. The molecule has 4 nitrogen and oxygen atoms in total. The van der Waals surface area contributed by atoms with Crippen LogP contribution in [0.3, 0.4) is 0 Å². The number of anilines is 1. The number of rotatable bonds is 4. The van der Waals surface area contributed by atoms with Crippen molar-refractivity contribution in [3.05, 3.63) is 70.5 Å². The van der Waals surface area contributed by atoms with E-state index >= 15 is 0 Å². The molecular formula is C22H22N2O2S. The maximum Gasteiger partial charge on any atom is 0.256 e. The van der Waals surface area contributed by atoms with E-state index < -0.39 is 0 Å². The lowest BCUT2D eigenvalue weighted by Crippen LogP contribution is -2.21. The molecule has 5 heteroatoms. The molecule has 138 valence electrons. The van der Waals surface area contributed by atoms with Gasteiger partial charge in [0, 0.05) is 34.3 Å². The minimum absolute atomic E-state index is 0.192. The third kappa shape index (κ3) is 3.78. The number of amides is 1. The van der Waals surface area contributed by atoms with Crippen LogP contribution in [0.25, 0.3) is 10.9 Å². The highest BCUT2D eigenvalue weighted by atomic mass is 32.2. The fraction of sp³-hybridized carbons (Fsp3) is 0.273. The van der Waals surface area contributed by atoms with Crippen molar-refractivity contribution in [2.45, 2.75) is 35.8 Å². The van der Waals surface area contributed by atoms with Gasteiger partial charge in [-0.1, -0.05) is 31.0 Å². The Morgan fingerprint density at radius 3 is 2.52 bits per heavy atom. The molecule has 1 saturated carbocycles. The molecular weight excluding hydrogens is 356 g/mol. The summed E-state index contributed by atoms with van der Waals surface area (Å²) in [6.07, 6.45) is 5.24. The van der Waals surface area contributed by atoms with E-state index in [4.69, 9.17) is 0 Å². The maximum atomic E-state index is 12.8. The van der Waals surface area contributed by atoms with Crippen molar-refractivity contribution in [2.75, 3.05) is 5.32 Å². The number of aromatic nitrogens is 1. The zero-order valence-corrected chi connectivity index (χ0v) is 16.1. The number of carbonyl (C=O) groups is 1. The molecule has 27 heavy (non-hydrogen) atoms. The fourth-order valence-corrected chi connectivity index (χ4v) is 4.86. The van der Waals surface area contributed by atoms with Gasteiger partial charge in [0.15, 0.2) is 0 Å². The van der Waals surface area contributed by atoms with E-state index in [0.717, 1.165) is 21.8 Å². The maximum absolute atomic E-state index is 12.8. The Morgan fingerprint density at radius 2 is 1.78 bits per heavy atom. The van der Waals surface area contributed by atoms with E-state index in [9.17, 15) is 9.59 Å². The molecule has 1 aliphatic carbocycles. The average Bonchev–Trinajstić information content (AvgIpc) is 3.19. The highest BCUT2D eigenvalue weighted by molar-refractivity contribution is 8.00. The summed E-state index contributed by atoms with van der Waals surface area (Å²) >= 11 is 1.92. The summed E-state index contributed by atoms with van der Waals surface area (Å²) in [7, 11) is 1.72. The largest absolute Gasteiger partial charge is 0.322 e. The zero-order valence-electron chi connectivity index (χ0n) is 15.3. The van der Waals surface area contributed by atoms with Gasteiger partial charge in [-0.3, -0.25) is 9.59 Å². The van der Waals surface area contributed by atoms with Crippen molar-refractivity contribution in [3.8, 4) is 0 Å². The highest BCUT2D eigenvalue weighted by Gasteiger charge is 2.16. The van der Waals surface area contributed by atoms with E-state index in [1.165, 1.54) is 36.6 Å². The van der Waals surface area contributed by atoms with Gasteiger partial charge in [-0.15, -0.1) is 11.8 Å². The van der Waals surface area contributed by atoms with Gasteiger partial charge < -0.3 is 9.88 Å². The van der Waals surface area contributed by atoms with E-state index in [1.807, 2.05) is 48.2 Å². The number of fused-ring (bicyclic) bond motifs is 1. The van der Waals surface area contributed by atoms with Crippen LogP contribution in [-0.2, 0) is 7.05 Å². The number of hydrogen-bond acceptors (Lipinski definition) is 3. The molecule has 1 heterocycles. The van der Waals surface area contributed by atoms with Crippen LogP contribution in [0.1, 0.15) is 36.0 Å². The molecule has 0 saturated heterocycles. The fourth-order valence-electron chi connectivity index (χ4n) is 3.61. The van der Waals surface area contributed by atoms with Gasteiger partial charge in [0.25, 0.3) is 11.5 Å². The van der Waals surface area contributed by atoms with Gasteiger partial charge in [-0.05, 0) is 43.2 Å². The Hall–Kier alpha value is -2.53. The lowest BCUT2D eigenvalue weighted by atomic mass is 10.1. The van der Waals surface area contributed by atoms with Crippen molar-refractivity contribution < 1.29 is 4.79 Å². The van der Waals surface area contributed by atoms with Gasteiger partial charge in [0.05, 0.1) is 11.1 Å². The van der Waals surface area contributed by atoms with Crippen LogP contribution < -0.4 is 10.9 Å². The van der Waals surface area contributed by atoms with Crippen LogP contribution >= 0.6 is 11.8 Å². The van der Waals surface area contributed by atoms with Crippen LogP contribution in [-0.4, -0.2) is 15.7 Å². The van der Waals surface area contributed by atoms with Crippen LogP contribution in [0.4, 0.5) is 5.69 Å². The first-order valence-corrected chi connectivity index (χ1v) is 10.2. The molecule has 1 N–H and O–H groups in total. The van der Waals surface area contributed by atoms with Gasteiger partial charge in [0.1, 0.15) is 0 Å². The Balaban J connectivity index is 1.55. The second kappa shape index (κ2) is 7.61. The Morgan fingerprint density at radius 1 is 1.07 bits per heavy atom. The average molecular weight is 378 g/mol. The number of pyridine rings is 1. The normalized spacial score (nSPS) is 14.6. The quantitative estimate of drug-likeness (QED) is 0.708. The van der Waals surface area contributed by atoms with Crippen LogP contribution in [0.2, 0.25) is 0 Å². The Labute approximate surface area is 162 Å². The first kappa shape index (κ1) is 17.9. The molecule has 1 aliphatic rings. The number of para-hydroxylation sites is 1. The van der Waals surface area contributed by atoms with Crippen LogP contribution in [0, 0.1) is 0 Å². The number of carbonyl (C=O) groups excluding carboxylic acids is 1.